The number of anilines is 1. The van der Waals surface area contributed by atoms with Crippen LogP contribution in [0.15, 0.2) is 59.8 Å². The average molecular weight is 817 g/mol. The van der Waals surface area contributed by atoms with Crippen molar-refractivity contribution in [2.75, 3.05) is 58.9 Å². The lowest BCUT2D eigenvalue weighted by atomic mass is 9.77. The van der Waals surface area contributed by atoms with Crippen LogP contribution < -0.4 is 19.9 Å². The first-order valence-corrected chi connectivity index (χ1v) is 20.9. The molecule has 0 bridgehead atoms. The van der Waals surface area contributed by atoms with Gasteiger partial charge in [-0.15, -0.1) is 0 Å². The number of hydrogen-bond donors (Lipinski definition) is 0. The van der Waals surface area contributed by atoms with Crippen molar-refractivity contribution in [2.45, 2.75) is 70.4 Å². The molecule has 314 valence electrons. The van der Waals surface area contributed by atoms with Crippen LogP contribution in [0.3, 0.4) is 0 Å². The third kappa shape index (κ3) is 7.68. The van der Waals surface area contributed by atoms with E-state index >= 15 is 0 Å². The number of rotatable bonds is 12. The smallest absolute Gasteiger partial charge is 0.262 e. The summed E-state index contributed by atoms with van der Waals surface area (Å²) in [6.07, 6.45) is 10.6. The number of carbonyl (C=O) groups excluding carboxylic acids is 5. The van der Waals surface area contributed by atoms with Crippen LogP contribution in [0, 0.1) is 5.41 Å². The highest BCUT2D eigenvalue weighted by atomic mass is 16.5. The normalized spacial score (nSPS) is 19.1. The van der Waals surface area contributed by atoms with Gasteiger partial charge >= 0.3 is 0 Å². The number of fused-ring (bicyclic) bond motifs is 2. The van der Waals surface area contributed by atoms with E-state index in [-0.39, 0.29) is 47.7 Å². The molecule has 3 aliphatic heterocycles. The monoisotopic (exact) mass is 816 g/mol. The topological polar surface area (TPSA) is 152 Å². The zero-order chi connectivity index (χ0) is 42.3. The molecule has 14 heteroatoms. The Bertz CT molecular complexity index is 2430. The van der Waals surface area contributed by atoms with E-state index in [2.05, 4.69) is 14.8 Å². The Morgan fingerprint density at radius 1 is 0.883 bits per heavy atom. The van der Waals surface area contributed by atoms with Crippen molar-refractivity contribution in [3.8, 4) is 22.6 Å². The Morgan fingerprint density at radius 2 is 1.60 bits per heavy atom. The molecule has 2 saturated heterocycles. The summed E-state index contributed by atoms with van der Waals surface area (Å²) in [6.45, 7) is 4.99. The van der Waals surface area contributed by atoms with E-state index in [1.54, 1.807) is 68.5 Å². The molecular weight excluding hydrogens is 765 g/mol. The number of methoxy groups -OCH3 is 2. The highest BCUT2D eigenvalue weighted by Gasteiger charge is 2.45. The minimum atomic E-state index is -0.869. The molecule has 14 nitrogen and oxygen atoms in total. The van der Waals surface area contributed by atoms with Crippen LogP contribution in [0.25, 0.3) is 21.9 Å². The number of likely N-dealkylation sites (tertiary alicyclic amines) is 1. The van der Waals surface area contributed by atoms with E-state index in [1.165, 1.54) is 0 Å². The van der Waals surface area contributed by atoms with Gasteiger partial charge in [0, 0.05) is 69.9 Å². The van der Waals surface area contributed by atoms with Gasteiger partial charge in [-0.2, -0.15) is 0 Å². The van der Waals surface area contributed by atoms with Crippen LogP contribution >= 0.6 is 0 Å². The summed E-state index contributed by atoms with van der Waals surface area (Å²) >= 11 is 0. The first kappa shape index (κ1) is 40.9. The fourth-order valence-corrected chi connectivity index (χ4v) is 9.64. The summed E-state index contributed by atoms with van der Waals surface area (Å²) in [7, 11) is 6.72. The molecule has 1 spiro atoms. The molecule has 1 saturated carbocycles. The van der Waals surface area contributed by atoms with Crippen molar-refractivity contribution in [3.05, 3.63) is 82.0 Å². The number of amides is 3. The second-order valence-corrected chi connectivity index (χ2v) is 16.9. The number of carbonyl (C=O) groups is 5. The van der Waals surface area contributed by atoms with Crippen LogP contribution in [0.1, 0.15) is 84.1 Å². The standard InChI is InChI=1S/C46H52N6O8/c1-48(27-37-40(59-3)21-29(22-41(37)60-4)36-26-49(2)43(56)35-25-47-16-12-32(35)36)42(55)7-5-6-17-50-18-13-46(14-19-50)15-20-51(28-46)30-8-10-33-34(23-30)45(58)52(44(33)57)38-11-9-31(53)24-39(38)54/h8,10,12,16,21-23,25-26,38H,5-7,9,11,13-15,17-20,24,27-28H2,1-4H3. The molecule has 1 aliphatic carbocycles. The molecule has 1 atom stereocenters. The maximum atomic E-state index is 13.4. The van der Waals surface area contributed by atoms with E-state index in [9.17, 15) is 28.8 Å². The third-order valence-electron chi connectivity index (χ3n) is 13.2. The van der Waals surface area contributed by atoms with Gasteiger partial charge in [0.05, 0.1) is 55.3 Å². The summed E-state index contributed by atoms with van der Waals surface area (Å²) in [4.78, 5) is 88.9. The summed E-state index contributed by atoms with van der Waals surface area (Å²) < 4.78 is 13.2. The lowest BCUT2D eigenvalue weighted by Gasteiger charge is -2.39. The molecule has 0 N–H and O–H groups in total. The number of pyridine rings is 2. The molecular formula is C46H52N6O8. The lowest BCUT2D eigenvalue weighted by Crippen LogP contribution is -2.47. The minimum absolute atomic E-state index is 0.0488. The number of ether oxygens (including phenoxy) is 2. The number of Topliss-reactive ketones (excluding diaryl/α,β-unsaturated/α-hetero) is 2. The Morgan fingerprint density at radius 3 is 2.32 bits per heavy atom. The molecule has 0 radical (unpaired) electrons. The SMILES string of the molecule is COc1cc(-c2cn(C)c(=O)c3cnccc23)cc(OC)c1CN(C)C(=O)CCCCN1CCC2(CC1)CCN(c1ccc3c(c1)C(=O)N(C1CCC(=O)CC1=O)C3=O)C2. The molecule has 60 heavy (non-hydrogen) atoms. The van der Waals surface area contributed by atoms with Crippen molar-refractivity contribution in [1.29, 1.82) is 0 Å². The van der Waals surface area contributed by atoms with Gasteiger partial charge in [0.15, 0.2) is 5.78 Å². The molecule has 1 unspecified atom stereocenters. The quantitative estimate of drug-likeness (QED) is 0.108. The van der Waals surface area contributed by atoms with E-state index in [0.29, 0.717) is 41.0 Å². The predicted molar refractivity (Wildman–Crippen MR) is 225 cm³/mol. The molecule has 2 aromatic heterocycles. The number of piperidine rings is 1. The molecule has 8 rings (SSSR count). The molecule has 4 aromatic rings. The van der Waals surface area contributed by atoms with Crippen LogP contribution in [0.4, 0.5) is 5.69 Å². The molecule has 3 amide bonds. The zero-order valence-electron chi connectivity index (χ0n) is 34.8. The lowest BCUT2D eigenvalue weighted by molar-refractivity contribution is -0.133. The summed E-state index contributed by atoms with van der Waals surface area (Å²) in [5.74, 6) is -0.174. The fraction of sp³-hybridized carbons (Fsp3) is 0.457. The van der Waals surface area contributed by atoms with Crippen LogP contribution in [0.2, 0.25) is 0 Å². The predicted octanol–water partition coefficient (Wildman–Crippen LogP) is 5.03. The third-order valence-corrected chi connectivity index (χ3v) is 13.2. The van der Waals surface area contributed by atoms with Gasteiger partial charge in [0.1, 0.15) is 17.3 Å². The van der Waals surface area contributed by atoms with Crippen molar-refractivity contribution >= 4 is 45.7 Å². The number of nitrogens with zero attached hydrogens (tertiary/aromatic N) is 6. The van der Waals surface area contributed by atoms with Crippen LogP contribution in [0.5, 0.6) is 11.5 Å². The molecule has 3 fully saturated rings. The van der Waals surface area contributed by atoms with Gasteiger partial charge in [-0.05, 0) is 111 Å². The zero-order valence-corrected chi connectivity index (χ0v) is 34.8. The Balaban J connectivity index is 0.813. The maximum Gasteiger partial charge on any atom is 0.262 e. The van der Waals surface area contributed by atoms with Gasteiger partial charge in [-0.1, -0.05) is 0 Å². The van der Waals surface area contributed by atoms with Crippen LogP contribution in [-0.4, -0.2) is 114 Å². The van der Waals surface area contributed by atoms with Gasteiger partial charge in [0.2, 0.25) is 5.91 Å². The number of aryl methyl sites for hydroxylation is 1. The van der Waals surface area contributed by atoms with E-state index in [4.69, 9.17) is 9.47 Å². The highest BCUT2D eigenvalue weighted by molar-refractivity contribution is 6.24. The number of imide groups is 1. The minimum Gasteiger partial charge on any atom is -0.496 e. The maximum absolute atomic E-state index is 13.4. The van der Waals surface area contributed by atoms with Crippen molar-refractivity contribution < 1.29 is 33.4 Å². The summed E-state index contributed by atoms with van der Waals surface area (Å²) in [6, 6.07) is 10.2. The van der Waals surface area contributed by atoms with Gasteiger partial charge < -0.3 is 28.7 Å². The number of ketones is 2. The van der Waals surface area contributed by atoms with Crippen molar-refractivity contribution in [3.63, 3.8) is 0 Å². The summed E-state index contributed by atoms with van der Waals surface area (Å²) in [5, 5.41) is 1.30. The summed E-state index contributed by atoms with van der Waals surface area (Å²) in [5.41, 5.74) is 4.06. The second-order valence-electron chi connectivity index (χ2n) is 16.9. The molecule has 4 aliphatic rings. The van der Waals surface area contributed by atoms with Crippen molar-refractivity contribution in [1.82, 2.24) is 24.3 Å². The Hall–Kier alpha value is -5.89. The van der Waals surface area contributed by atoms with E-state index in [0.717, 1.165) is 97.5 Å². The average Bonchev–Trinajstić information content (AvgIpc) is 3.78. The number of benzene rings is 2. The Kier molecular flexibility index (Phi) is 11.3. The second kappa shape index (κ2) is 16.6. The first-order valence-electron chi connectivity index (χ1n) is 20.9. The van der Waals surface area contributed by atoms with Gasteiger partial charge in [-0.25, -0.2) is 0 Å². The van der Waals surface area contributed by atoms with E-state index < -0.39 is 17.9 Å². The number of unbranched alkanes of at least 4 members (excludes halogenated alkanes) is 1. The highest BCUT2D eigenvalue weighted by Crippen LogP contribution is 2.43. The van der Waals surface area contributed by atoms with Crippen molar-refractivity contribution in [2.24, 2.45) is 12.5 Å². The van der Waals surface area contributed by atoms with Crippen LogP contribution in [-0.2, 0) is 28.0 Å². The largest absolute Gasteiger partial charge is 0.496 e. The number of aromatic nitrogens is 2. The van der Waals surface area contributed by atoms with E-state index in [1.807, 2.05) is 24.3 Å². The molecule has 2 aromatic carbocycles. The number of hydrogen-bond acceptors (Lipinski definition) is 11. The van der Waals surface area contributed by atoms with Gasteiger partial charge in [0.25, 0.3) is 17.4 Å². The van der Waals surface area contributed by atoms with Gasteiger partial charge in [-0.3, -0.25) is 38.7 Å². The Labute approximate surface area is 349 Å². The first-order chi connectivity index (χ1) is 28.9. The fourth-order valence-electron chi connectivity index (χ4n) is 9.64. The molecule has 5 heterocycles.